The fourth-order valence-electron chi connectivity index (χ4n) is 1.52. The van der Waals surface area contributed by atoms with E-state index in [0.29, 0.717) is 19.8 Å². The Morgan fingerprint density at radius 3 is 1.67 bits per heavy atom. The molecule has 0 saturated heterocycles. The van der Waals surface area contributed by atoms with E-state index in [-0.39, 0.29) is 0 Å². The summed E-state index contributed by atoms with van der Waals surface area (Å²) in [5.41, 5.74) is 0. The predicted octanol–water partition coefficient (Wildman–Crippen LogP) is 3.14. The monoisotopic (exact) mass is 217 g/mol. The van der Waals surface area contributed by atoms with Gasteiger partial charge in [-0.2, -0.15) is 0 Å². The van der Waals surface area contributed by atoms with Gasteiger partial charge in [0.2, 0.25) is 0 Å². The van der Waals surface area contributed by atoms with Gasteiger partial charge in [-0.1, -0.05) is 19.8 Å². The number of rotatable bonds is 10. The van der Waals surface area contributed by atoms with E-state index in [0.717, 1.165) is 25.7 Å². The minimum absolute atomic E-state index is 0.602. The van der Waals surface area contributed by atoms with Crippen molar-refractivity contribution >= 4 is 0 Å². The second kappa shape index (κ2) is 9.13. The summed E-state index contributed by atoms with van der Waals surface area (Å²) in [5.74, 6) is -0.826. The molecule has 0 aliphatic heterocycles. The van der Waals surface area contributed by atoms with Crippen molar-refractivity contribution in [2.45, 2.75) is 52.4 Å². The molecule has 0 aliphatic rings. The first-order valence-electron chi connectivity index (χ1n) is 5.95. The van der Waals surface area contributed by atoms with Gasteiger partial charge in [0.25, 0.3) is 5.97 Å². The van der Waals surface area contributed by atoms with Crippen LogP contribution in [0.1, 0.15) is 46.5 Å². The second-order valence-corrected chi connectivity index (χ2v) is 3.29. The molecule has 0 atom stereocenters. The van der Waals surface area contributed by atoms with Crippen molar-refractivity contribution in [2.75, 3.05) is 19.8 Å². The summed E-state index contributed by atoms with van der Waals surface area (Å²) < 4.78 is 16.8. The smallest absolute Gasteiger partial charge is 0.282 e. The van der Waals surface area contributed by atoms with Gasteiger partial charge in [-0.15, -0.1) is 0 Å². The van der Waals surface area contributed by atoms with Crippen LogP contribution in [0.5, 0.6) is 0 Å². The SMILES string of the molecule is [CH2]CCCCC(OCC)(OCC)OCC. The van der Waals surface area contributed by atoms with Crippen LogP contribution < -0.4 is 0 Å². The Bertz CT molecular complexity index is 120. The van der Waals surface area contributed by atoms with E-state index in [1.807, 2.05) is 20.8 Å². The second-order valence-electron chi connectivity index (χ2n) is 3.29. The van der Waals surface area contributed by atoms with E-state index in [9.17, 15) is 0 Å². The molecule has 0 amide bonds. The molecule has 0 rings (SSSR count). The quantitative estimate of drug-likeness (QED) is 0.415. The average Bonchev–Trinajstić information content (AvgIpc) is 2.19. The lowest BCUT2D eigenvalue weighted by atomic mass is 10.2. The zero-order chi connectivity index (χ0) is 11.6. The lowest BCUT2D eigenvalue weighted by Gasteiger charge is -2.32. The summed E-state index contributed by atoms with van der Waals surface area (Å²) in [6.07, 6.45) is 3.82. The largest absolute Gasteiger partial charge is 0.328 e. The molecule has 0 N–H and O–H groups in total. The Kier molecular flexibility index (Phi) is 9.06. The average molecular weight is 217 g/mol. The van der Waals surface area contributed by atoms with Crippen molar-refractivity contribution in [2.24, 2.45) is 0 Å². The summed E-state index contributed by atoms with van der Waals surface area (Å²) in [5, 5.41) is 0. The van der Waals surface area contributed by atoms with E-state index in [2.05, 4.69) is 6.92 Å². The number of unbranched alkanes of at least 4 members (excludes halogenated alkanes) is 2. The fraction of sp³-hybridized carbons (Fsp3) is 0.917. The normalized spacial score (nSPS) is 12.0. The van der Waals surface area contributed by atoms with Crippen molar-refractivity contribution in [1.82, 2.24) is 0 Å². The molecule has 1 radical (unpaired) electrons. The summed E-state index contributed by atoms with van der Waals surface area (Å²) in [6, 6.07) is 0. The van der Waals surface area contributed by atoms with Gasteiger partial charge < -0.3 is 14.2 Å². The lowest BCUT2D eigenvalue weighted by molar-refractivity contribution is -0.380. The number of hydrogen-bond donors (Lipinski definition) is 0. The third-order valence-corrected chi connectivity index (χ3v) is 2.08. The Labute approximate surface area is 94.1 Å². The highest BCUT2D eigenvalue weighted by Gasteiger charge is 2.31. The van der Waals surface area contributed by atoms with Crippen LogP contribution in [0.2, 0.25) is 0 Å². The van der Waals surface area contributed by atoms with E-state index >= 15 is 0 Å². The first kappa shape index (κ1) is 14.9. The van der Waals surface area contributed by atoms with Crippen LogP contribution in [0.3, 0.4) is 0 Å². The Morgan fingerprint density at radius 2 is 1.33 bits per heavy atom. The first-order chi connectivity index (χ1) is 7.24. The molecule has 0 fully saturated rings. The van der Waals surface area contributed by atoms with Crippen LogP contribution in [-0.4, -0.2) is 25.8 Å². The molecule has 0 spiro atoms. The van der Waals surface area contributed by atoms with E-state index in [1.54, 1.807) is 0 Å². The highest BCUT2D eigenvalue weighted by atomic mass is 16.9. The van der Waals surface area contributed by atoms with E-state index in [4.69, 9.17) is 14.2 Å². The van der Waals surface area contributed by atoms with E-state index in [1.165, 1.54) is 0 Å². The maximum atomic E-state index is 5.59. The molecule has 15 heavy (non-hydrogen) atoms. The van der Waals surface area contributed by atoms with Crippen LogP contribution >= 0.6 is 0 Å². The highest BCUT2D eigenvalue weighted by molar-refractivity contribution is 4.59. The van der Waals surface area contributed by atoms with Crippen LogP contribution in [0.4, 0.5) is 0 Å². The zero-order valence-corrected chi connectivity index (χ0v) is 10.4. The maximum Gasteiger partial charge on any atom is 0.282 e. The molecule has 0 aromatic rings. The molecular formula is C12H25O3. The van der Waals surface area contributed by atoms with Crippen molar-refractivity contribution < 1.29 is 14.2 Å². The topological polar surface area (TPSA) is 27.7 Å². The number of hydrogen-bond acceptors (Lipinski definition) is 3. The molecule has 0 aliphatic carbocycles. The van der Waals surface area contributed by atoms with Gasteiger partial charge in [0.1, 0.15) is 0 Å². The summed E-state index contributed by atoms with van der Waals surface area (Å²) in [6.45, 7) is 11.5. The van der Waals surface area contributed by atoms with Gasteiger partial charge in [0, 0.05) is 26.2 Å². The number of ether oxygens (including phenoxy) is 3. The Balaban J connectivity index is 4.18. The molecule has 0 unspecified atom stereocenters. The van der Waals surface area contributed by atoms with Gasteiger partial charge in [0.15, 0.2) is 0 Å². The molecule has 0 heterocycles. The van der Waals surface area contributed by atoms with Crippen LogP contribution in [-0.2, 0) is 14.2 Å². The molecule has 3 heteroatoms. The summed E-state index contributed by atoms with van der Waals surface area (Å²) in [7, 11) is 0. The molecule has 0 saturated carbocycles. The van der Waals surface area contributed by atoms with Gasteiger partial charge >= 0.3 is 0 Å². The van der Waals surface area contributed by atoms with Crippen molar-refractivity contribution in [1.29, 1.82) is 0 Å². The molecule has 0 aromatic carbocycles. The Hall–Kier alpha value is -0.120. The van der Waals surface area contributed by atoms with Crippen molar-refractivity contribution in [3.63, 3.8) is 0 Å². The Morgan fingerprint density at radius 1 is 0.867 bits per heavy atom. The highest BCUT2D eigenvalue weighted by Crippen LogP contribution is 2.23. The van der Waals surface area contributed by atoms with E-state index < -0.39 is 5.97 Å². The predicted molar refractivity (Wildman–Crippen MR) is 61.4 cm³/mol. The third-order valence-electron chi connectivity index (χ3n) is 2.08. The van der Waals surface area contributed by atoms with Crippen LogP contribution in [0.25, 0.3) is 0 Å². The van der Waals surface area contributed by atoms with Gasteiger partial charge in [-0.3, -0.25) is 0 Å². The zero-order valence-electron chi connectivity index (χ0n) is 10.4. The van der Waals surface area contributed by atoms with Crippen LogP contribution in [0.15, 0.2) is 0 Å². The van der Waals surface area contributed by atoms with Gasteiger partial charge in [-0.25, -0.2) is 0 Å². The molecule has 0 aromatic heterocycles. The fourth-order valence-corrected chi connectivity index (χ4v) is 1.52. The minimum atomic E-state index is -0.826. The molecule has 3 nitrogen and oxygen atoms in total. The van der Waals surface area contributed by atoms with Crippen molar-refractivity contribution in [3.8, 4) is 0 Å². The summed E-state index contributed by atoms with van der Waals surface area (Å²) >= 11 is 0. The maximum absolute atomic E-state index is 5.59. The molecule has 91 valence electrons. The first-order valence-corrected chi connectivity index (χ1v) is 5.95. The van der Waals surface area contributed by atoms with Crippen LogP contribution in [0, 0.1) is 6.92 Å². The molecular weight excluding hydrogens is 192 g/mol. The minimum Gasteiger partial charge on any atom is -0.328 e. The standard InChI is InChI=1S/C12H25O3/c1-5-9-10-11-12(13-6-2,14-7-3)15-8-4/h1,5-11H2,2-4H3. The summed E-state index contributed by atoms with van der Waals surface area (Å²) in [4.78, 5) is 0. The van der Waals surface area contributed by atoms with Crippen molar-refractivity contribution in [3.05, 3.63) is 6.92 Å². The third kappa shape index (κ3) is 6.13. The van der Waals surface area contributed by atoms with Gasteiger partial charge in [0.05, 0.1) is 0 Å². The lowest BCUT2D eigenvalue weighted by Crippen LogP contribution is -2.39. The molecule has 0 bridgehead atoms. The van der Waals surface area contributed by atoms with Gasteiger partial charge in [-0.05, 0) is 27.2 Å².